The molecule has 23 heavy (non-hydrogen) atoms. The molecule has 1 heterocycles. The lowest BCUT2D eigenvalue weighted by molar-refractivity contribution is 0.0420. The van der Waals surface area contributed by atoms with E-state index in [1.54, 1.807) is 25.8 Å². The van der Waals surface area contributed by atoms with E-state index in [-0.39, 0.29) is 16.7 Å². The zero-order valence-corrected chi connectivity index (χ0v) is 15.4. The molecule has 5 nitrogen and oxygen atoms in total. The van der Waals surface area contributed by atoms with Gasteiger partial charge in [-0.3, -0.25) is 4.72 Å². The van der Waals surface area contributed by atoms with Gasteiger partial charge in [0, 0.05) is 16.4 Å². The second kappa shape index (κ2) is 6.63. The highest BCUT2D eigenvalue weighted by atomic mass is 32.2. The van der Waals surface area contributed by atoms with Gasteiger partial charge in [0.05, 0.1) is 0 Å². The fraction of sp³-hybridized carbons (Fsp3) is 0.529. The highest BCUT2D eigenvalue weighted by molar-refractivity contribution is 7.98. The molecule has 0 aliphatic heterocycles. The van der Waals surface area contributed by atoms with Crippen molar-refractivity contribution in [3.63, 3.8) is 0 Å². The molecule has 1 atom stereocenters. The van der Waals surface area contributed by atoms with Crippen molar-refractivity contribution in [2.24, 2.45) is 0 Å². The molecule has 0 amide bonds. The predicted molar refractivity (Wildman–Crippen MR) is 93.9 cm³/mol. The summed E-state index contributed by atoms with van der Waals surface area (Å²) in [5.41, 5.74) is 0.881. The monoisotopic (exact) mass is 335 g/mol. The van der Waals surface area contributed by atoms with Crippen molar-refractivity contribution in [3.8, 4) is 11.4 Å². The van der Waals surface area contributed by atoms with Crippen molar-refractivity contribution >= 4 is 11.9 Å². The highest BCUT2D eigenvalue weighted by Gasteiger charge is 2.24. The van der Waals surface area contributed by atoms with Crippen molar-refractivity contribution in [3.05, 3.63) is 35.7 Å². The quantitative estimate of drug-likeness (QED) is 0.803. The number of nitrogens with one attached hydrogen (secondary N) is 1. The largest absolute Gasteiger partial charge is 0.381 e. The van der Waals surface area contributed by atoms with Gasteiger partial charge in [-0.2, -0.15) is 4.98 Å². The Bertz CT molecular complexity index is 656. The first-order valence-electron chi connectivity index (χ1n) is 7.67. The van der Waals surface area contributed by atoms with Crippen LogP contribution in [0.25, 0.3) is 11.4 Å². The molecular weight excluding hydrogens is 310 g/mol. The van der Waals surface area contributed by atoms with Crippen molar-refractivity contribution in [1.82, 2.24) is 14.9 Å². The summed E-state index contributed by atoms with van der Waals surface area (Å²) in [6.45, 7) is 11.9. The van der Waals surface area contributed by atoms with E-state index in [0.717, 1.165) is 11.1 Å². The molecule has 0 saturated carbocycles. The molecule has 126 valence electrons. The number of aromatic nitrogens is 2. The van der Waals surface area contributed by atoms with E-state index >= 15 is 0 Å². The average molecular weight is 335 g/mol. The summed E-state index contributed by atoms with van der Waals surface area (Å²) in [6, 6.07) is 8.22. The smallest absolute Gasteiger partial charge is 0.258 e. The van der Waals surface area contributed by atoms with Crippen molar-refractivity contribution in [1.29, 1.82) is 0 Å². The zero-order valence-electron chi connectivity index (χ0n) is 14.5. The van der Waals surface area contributed by atoms with Gasteiger partial charge in [-0.25, -0.2) is 0 Å². The van der Waals surface area contributed by atoms with Crippen LogP contribution in [-0.2, 0) is 5.60 Å². The zero-order chi connectivity index (χ0) is 17.3. The lowest BCUT2D eigenvalue weighted by atomic mass is 10.1. The molecule has 0 saturated heterocycles. The summed E-state index contributed by atoms with van der Waals surface area (Å²) in [5, 5.41) is 13.9. The van der Waals surface area contributed by atoms with Crippen molar-refractivity contribution < 1.29 is 9.63 Å². The minimum atomic E-state index is -1.14. The van der Waals surface area contributed by atoms with Gasteiger partial charge in [0.1, 0.15) is 5.60 Å². The number of hydrogen-bond acceptors (Lipinski definition) is 6. The highest BCUT2D eigenvalue weighted by Crippen LogP contribution is 2.27. The molecule has 6 heteroatoms. The summed E-state index contributed by atoms with van der Waals surface area (Å²) in [6.07, 6.45) is 0. The third-order valence-electron chi connectivity index (χ3n) is 3.14. The van der Waals surface area contributed by atoms with Gasteiger partial charge >= 0.3 is 0 Å². The molecule has 0 radical (unpaired) electrons. The first-order valence-corrected chi connectivity index (χ1v) is 8.48. The Hall–Kier alpha value is -1.37. The van der Waals surface area contributed by atoms with E-state index in [0.29, 0.717) is 5.82 Å². The first kappa shape index (κ1) is 18.0. The lowest BCUT2D eigenvalue weighted by Crippen LogP contribution is -2.19. The number of benzene rings is 1. The molecule has 0 bridgehead atoms. The average Bonchev–Trinajstić information content (AvgIpc) is 2.94. The van der Waals surface area contributed by atoms with Gasteiger partial charge in [-0.15, -0.1) is 0 Å². The Balaban J connectivity index is 2.18. The summed E-state index contributed by atoms with van der Waals surface area (Å²) in [5.74, 6) is 0.701. The molecule has 0 fully saturated rings. The van der Waals surface area contributed by atoms with Gasteiger partial charge in [0.2, 0.25) is 5.82 Å². The molecule has 2 N–H and O–H groups in total. The summed E-state index contributed by atoms with van der Waals surface area (Å²) in [7, 11) is 0. The van der Waals surface area contributed by atoms with Gasteiger partial charge in [0.15, 0.2) is 0 Å². The van der Waals surface area contributed by atoms with Crippen LogP contribution in [0, 0.1) is 0 Å². The SMILES string of the molecule is C[C@H](NSC(C)(C)C)c1cccc(-c2noc(C(C)(C)O)n2)c1. The lowest BCUT2D eigenvalue weighted by Gasteiger charge is -2.22. The van der Waals surface area contributed by atoms with Crippen LogP contribution in [0.2, 0.25) is 0 Å². The van der Waals surface area contributed by atoms with E-state index in [1.807, 2.05) is 18.2 Å². The Kier molecular flexibility index (Phi) is 5.18. The topological polar surface area (TPSA) is 71.2 Å². The third-order valence-corrected chi connectivity index (χ3v) is 4.22. The number of hydrogen-bond donors (Lipinski definition) is 2. The molecule has 2 rings (SSSR count). The van der Waals surface area contributed by atoms with Crippen LogP contribution in [0.5, 0.6) is 0 Å². The molecule has 0 unspecified atom stereocenters. The maximum atomic E-state index is 9.93. The van der Waals surface area contributed by atoms with Crippen molar-refractivity contribution in [2.45, 2.75) is 57.9 Å². The van der Waals surface area contributed by atoms with E-state index in [4.69, 9.17) is 4.52 Å². The molecule has 0 aliphatic rings. The van der Waals surface area contributed by atoms with Crippen LogP contribution in [0.1, 0.15) is 59.0 Å². The van der Waals surface area contributed by atoms with Crippen LogP contribution in [0.15, 0.2) is 28.8 Å². The first-order chi connectivity index (χ1) is 10.6. The van der Waals surface area contributed by atoms with E-state index in [1.165, 1.54) is 0 Å². The Morgan fingerprint density at radius 1 is 1.22 bits per heavy atom. The number of nitrogens with zero attached hydrogens (tertiary/aromatic N) is 2. The summed E-state index contributed by atoms with van der Waals surface area (Å²) in [4.78, 5) is 4.28. The molecule has 1 aromatic heterocycles. The molecular formula is C17H25N3O2S. The second-order valence-electron chi connectivity index (χ2n) is 7.16. The standard InChI is InChI=1S/C17H25N3O2S/c1-11(20-23-16(2,3)4)12-8-7-9-13(10-12)14-18-15(22-19-14)17(5,6)21/h7-11,20-21H,1-6H3/t11-/m0/s1. The molecule has 2 aromatic rings. The second-order valence-corrected chi connectivity index (χ2v) is 8.83. The Morgan fingerprint density at radius 2 is 1.91 bits per heavy atom. The molecule has 0 spiro atoms. The Labute approximate surface area is 142 Å². The third kappa shape index (κ3) is 5.06. The molecule has 1 aromatic carbocycles. The fourth-order valence-electron chi connectivity index (χ4n) is 1.87. The van der Waals surface area contributed by atoms with Crippen LogP contribution in [0.4, 0.5) is 0 Å². The predicted octanol–water partition coefficient (Wildman–Crippen LogP) is 4.06. The fourth-order valence-corrected chi connectivity index (χ4v) is 2.54. The number of rotatable bonds is 5. The van der Waals surface area contributed by atoms with Crippen LogP contribution in [0.3, 0.4) is 0 Å². The van der Waals surface area contributed by atoms with Crippen LogP contribution < -0.4 is 4.72 Å². The van der Waals surface area contributed by atoms with Gasteiger partial charge in [-0.05, 0) is 53.2 Å². The Morgan fingerprint density at radius 3 is 2.48 bits per heavy atom. The summed E-state index contributed by atoms with van der Waals surface area (Å²) >= 11 is 1.71. The van der Waals surface area contributed by atoms with Gasteiger partial charge in [0.25, 0.3) is 5.89 Å². The molecule has 0 aliphatic carbocycles. The normalized spacial score (nSPS) is 14.0. The minimum absolute atomic E-state index is 0.154. The van der Waals surface area contributed by atoms with E-state index in [9.17, 15) is 5.11 Å². The summed E-state index contributed by atoms with van der Waals surface area (Å²) < 4.78 is 8.76. The van der Waals surface area contributed by atoms with Crippen LogP contribution in [-0.4, -0.2) is 20.0 Å². The van der Waals surface area contributed by atoms with E-state index < -0.39 is 5.60 Å². The maximum absolute atomic E-state index is 9.93. The van der Waals surface area contributed by atoms with Gasteiger partial charge < -0.3 is 9.63 Å². The van der Waals surface area contributed by atoms with Gasteiger partial charge in [-0.1, -0.05) is 35.3 Å². The van der Waals surface area contributed by atoms with Crippen LogP contribution >= 0.6 is 11.9 Å². The van der Waals surface area contributed by atoms with E-state index in [2.05, 4.69) is 48.6 Å². The number of aliphatic hydroxyl groups is 1. The minimum Gasteiger partial charge on any atom is -0.381 e. The van der Waals surface area contributed by atoms with Crippen molar-refractivity contribution in [2.75, 3.05) is 0 Å². The maximum Gasteiger partial charge on any atom is 0.258 e.